The third-order valence-electron chi connectivity index (χ3n) is 4.78. The molecule has 0 radical (unpaired) electrons. The molecule has 0 fully saturated rings. The van der Waals surface area contributed by atoms with Crippen molar-refractivity contribution < 1.29 is 12.8 Å². The maximum absolute atomic E-state index is 12.9. The van der Waals surface area contributed by atoms with E-state index in [4.69, 9.17) is 4.42 Å². The van der Waals surface area contributed by atoms with Crippen LogP contribution in [-0.4, -0.2) is 13.4 Å². The van der Waals surface area contributed by atoms with E-state index in [1.807, 2.05) is 62.4 Å². The highest BCUT2D eigenvalue weighted by Gasteiger charge is 2.23. The number of aryl methyl sites for hydroxylation is 2. The van der Waals surface area contributed by atoms with Crippen molar-refractivity contribution in [2.75, 3.05) is 4.72 Å². The van der Waals surface area contributed by atoms with E-state index in [1.54, 1.807) is 30.3 Å². The molecular weight excluding hydrogens is 396 g/mol. The van der Waals surface area contributed by atoms with Gasteiger partial charge in [-0.25, -0.2) is 8.42 Å². The second-order valence-electron chi connectivity index (χ2n) is 7.18. The van der Waals surface area contributed by atoms with Crippen molar-refractivity contribution in [2.45, 2.75) is 25.2 Å². The highest BCUT2D eigenvalue weighted by atomic mass is 32.2. The smallest absolute Gasteiger partial charge is 0.263 e. The first kappa shape index (κ1) is 19.9. The second-order valence-corrected chi connectivity index (χ2v) is 8.87. The van der Waals surface area contributed by atoms with Gasteiger partial charge in [-0.2, -0.15) is 4.98 Å². The topological polar surface area (TPSA) is 72.2 Å². The lowest BCUT2D eigenvalue weighted by atomic mass is 10.0. The molecule has 0 amide bonds. The van der Waals surface area contributed by atoms with Crippen LogP contribution in [0.2, 0.25) is 0 Å². The Labute approximate surface area is 176 Å². The summed E-state index contributed by atoms with van der Waals surface area (Å²) in [5, 5.41) is 0. The van der Waals surface area contributed by atoms with Crippen molar-refractivity contribution in [3.8, 4) is 11.3 Å². The van der Waals surface area contributed by atoms with Gasteiger partial charge in [0.05, 0.1) is 4.90 Å². The number of hydrogen-bond acceptors (Lipinski definition) is 4. The van der Waals surface area contributed by atoms with E-state index in [1.165, 1.54) is 0 Å². The zero-order valence-corrected chi connectivity index (χ0v) is 17.6. The van der Waals surface area contributed by atoms with Gasteiger partial charge in [0.15, 0.2) is 11.6 Å². The molecule has 0 saturated heterocycles. The molecule has 4 aromatic rings. The van der Waals surface area contributed by atoms with Crippen LogP contribution in [0.1, 0.15) is 22.6 Å². The minimum Gasteiger partial charge on any atom is -0.438 e. The van der Waals surface area contributed by atoms with E-state index in [0.717, 1.165) is 22.3 Å². The summed E-state index contributed by atoms with van der Waals surface area (Å²) in [5.41, 5.74) is 3.94. The molecule has 0 unspecified atom stereocenters. The number of aromatic nitrogens is 1. The quantitative estimate of drug-likeness (QED) is 0.458. The van der Waals surface area contributed by atoms with Crippen LogP contribution >= 0.6 is 0 Å². The van der Waals surface area contributed by atoms with Crippen molar-refractivity contribution in [1.29, 1.82) is 0 Å². The second kappa shape index (κ2) is 8.16. The predicted octanol–water partition coefficient (Wildman–Crippen LogP) is 5.35. The summed E-state index contributed by atoms with van der Waals surface area (Å²) < 4.78 is 34.5. The first-order chi connectivity index (χ1) is 14.4. The summed E-state index contributed by atoms with van der Waals surface area (Å²) >= 11 is 0. The van der Waals surface area contributed by atoms with Gasteiger partial charge in [0, 0.05) is 12.0 Å². The Morgan fingerprint density at radius 1 is 0.900 bits per heavy atom. The van der Waals surface area contributed by atoms with E-state index in [0.29, 0.717) is 18.1 Å². The van der Waals surface area contributed by atoms with Gasteiger partial charge < -0.3 is 4.42 Å². The van der Waals surface area contributed by atoms with Crippen molar-refractivity contribution in [3.05, 3.63) is 101 Å². The van der Waals surface area contributed by atoms with E-state index in [2.05, 4.69) is 9.71 Å². The molecule has 4 rings (SSSR count). The van der Waals surface area contributed by atoms with Crippen LogP contribution in [0.15, 0.2) is 88.2 Å². The third kappa shape index (κ3) is 4.28. The number of oxazole rings is 1. The van der Waals surface area contributed by atoms with Gasteiger partial charge in [-0.15, -0.1) is 0 Å². The lowest BCUT2D eigenvalue weighted by Crippen LogP contribution is -2.13. The highest BCUT2D eigenvalue weighted by Crippen LogP contribution is 2.33. The van der Waals surface area contributed by atoms with Crippen molar-refractivity contribution >= 4 is 15.8 Å². The van der Waals surface area contributed by atoms with Gasteiger partial charge in [0.2, 0.25) is 5.89 Å². The molecule has 0 aliphatic carbocycles. The maximum Gasteiger partial charge on any atom is 0.263 e. The summed E-state index contributed by atoms with van der Waals surface area (Å²) in [7, 11) is -3.80. The fourth-order valence-electron chi connectivity index (χ4n) is 3.32. The van der Waals surface area contributed by atoms with Gasteiger partial charge in [-0.05, 0) is 37.1 Å². The average molecular weight is 419 g/mol. The summed E-state index contributed by atoms with van der Waals surface area (Å²) in [6.07, 6.45) is 0.464. The van der Waals surface area contributed by atoms with Crippen LogP contribution in [-0.2, 0) is 16.4 Å². The van der Waals surface area contributed by atoms with Gasteiger partial charge in [0.1, 0.15) is 0 Å². The molecule has 0 bridgehead atoms. The van der Waals surface area contributed by atoms with Crippen LogP contribution in [0.5, 0.6) is 0 Å². The van der Waals surface area contributed by atoms with Crippen molar-refractivity contribution in [2.24, 2.45) is 0 Å². The molecule has 0 aliphatic rings. The van der Waals surface area contributed by atoms with E-state index >= 15 is 0 Å². The van der Waals surface area contributed by atoms with Crippen LogP contribution in [0, 0.1) is 13.8 Å². The zero-order valence-electron chi connectivity index (χ0n) is 16.8. The normalized spacial score (nSPS) is 11.4. The largest absolute Gasteiger partial charge is 0.438 e. The molecule has 5 nitrogen and oxygen atoms in total. The Kier molecular flexibility index (Phi) is 5.42. The zero-order chi connectivity index (χ0) is 21.1. The Bertz CT molecular complexity index is 1260. The van der Waals surface area contributed by atoms with Crippen LogP contribution in [0.3, 0.4) is 0 Å². The molecule has 0 atom stereocenters. The number of rotatable bonds is 6. The van der Waals surface area contributed by atoms with E-state index in [9.17, 15) is 8.42 Å². The summed E-state index contributed by atoms with van der Waals surface area (Å²) in [4.78, 5) is 4.67. The minimum atomic E-state index is -3.80. The summed E-state index contributed by atoms with van der Waals surface area (Å²) in [6, 6.07) is 24.0. The fourth-order valence-corrected chi connectivity index (χ4v) is 4.34. The fraction of sp³-hybridized carbons (Fsp3) is 0.125. The Balaban J connectivity index is 1.77. The number of nitrogens with one attached hydrogen (secondary N) is 1. The molecule has 6 heteroatoms. The predicted molar refractivity (Wildman–Crippen MR) is 118 cm³/mol. The third-order valence-corrected chi connectivity index (χ3v) is 6.14. The molecule has 0 aliphatic heterocycles. The minimum absolute atomic E-state index is 0.171. The number of sulfonamides is 1. The Morgan fingerprint density at radius 2 is 1.57 bits per heavy atom. The number of hydrogen-bond donors (Lipinski definition) is 1. The van der Waals surface area contributed by atoms with Crippen LogP contribution in [0.25, 0.3) is 11.3 Å². The first-order valence-electron chi connectivity index (χ1n) is 9.61. The lowest BCUT2D eigenvalue weighted by molar-refractivity contribution is 0.519. The maximum atomic E-state index is 12.9. The Hall–Kier alpha value is -3.38. The summed E-state index contributed by atoms with van der Waals surface area (Å²) in [6.45, 7) is 3.98. The summed E-state index contributed by atoms with van der Waals surface area (Å²) in [5.74, 6) is 1.05. The van der Waals surface area contributed by atoms with Gasteiger partial charge in [-0.3, -0.25) is 4.72 Å². The van der Waals surface area contributed by atoms with Crippen molar-refractivity contribution in [3.63, 3.8) is 0 Å². The van der Waals surface area contributed by atoms with Gasteiger partial charge >= 0.3 is 0 Å². The molecule has 0 spiro atoms. The monoisotopic (exact) mass is 418 g/mol. The molecule has 1 aromatic heterocycles. The molecule has 3 aromatic carbocycles. The number of nitrogens with zero attached hydrogens (tertiary/aromatic N) is 1. The van der Waals surface area contributed by atoms with E-state index in [-0.39, 0.29) is 10.7 Å². The first-order valence-corrected chi connectivity index (χ1v) is 11.1. The highest BCUT2D eigenvalue weighted by molar-refractivity contribution is 7.92. The molecule has 152 valence electrons. The lowest BCUT2D eigenvalue weighted by Gasteiger charge is -2.09. The number of anilines is 1. The number of benzene rings is 3. The van der Waals surface area contributed by atoms with Crippen LogP contribution in [0.4, 0.5) is 5.82 Å². The molecule has 1 N–H and O–H groups in total. The SMILES string of the molecule is Cc1ccc(-c2oc(Cc3ccccc3)nc2NS(=O)(=O)c2ccccc2)c(C)c1. The average Bonchev–Trinajstić information content (AvgIpc) is 3.10. The molecule has 30 heavy (non-hydrogen) atoms. The van der Waals surface area contributed by atoms with Crippen molar-refractivity contribution in [1.82, 2.24) is 4.98 Å². The molecule has 1 heterocycles. The van der Waals surface area contributed by atoms with E-state index < -0.39 is 10.0 Å². The molecule has 0 saturated carbocycles. The standard InChI is InChI=1S/C24H22N2O3S/c1-17-13-14-21(18(2)15-17)23-24(26-30(27,28)20-11-7-4-8-12-20)25-22(29-23)16-19-9-5-3-6-10-19/h3-15,26H,16H2,1-2H3. The van der Waals surface area contributed by atoms with Gasteiger partial charge in [-0.1, -0.05) is 72.3 Å². The van der Waals surface area contributed by atoms with Crippen LogP contribution < -0.4 is 4.72 Å². The molecular formula is C24H22N2O3S. The van der Waals surface area contributed by atoms with Gasteiger partial charge in [0.25, 0.3) is 10.0 Å². The Morgan fingerprint density at radius 3 is 2.23 bits per heavy atom.